The van der Waals surface area contributed by atoms with Crippen LogP contribution in [0.15, 0.2) is 45.8 Å². The molecule has 2 aromatic carbocycles. The van der Waals surface area contributed by atoms with E-state index >= 15 is 0 Å². The Morgan fingerprint density at radius 2 is 1.70 bits per heavy atom. The van der Waals surface area contributed by atoms with E-state index in [1.54, 1.807) is 36.4 Å². The van der Waals surface area contributed by atoms with Crippen molar-refractivity contribution >= 4 is 43.2 Å². The molecule has 0 aliphatic carbocycles. The fourth-order valence-electron chi connectivity index (χ4n) is 1.65. The van der Waals surface area contributed by atoms with Gasteiger partial charge >= 0.3 is 0 Å². The first kappa shape index (κ1) is 15.4. The van der Waals surface area contributed by atoms with E-state index in [0.29, 0.717) is 15.2 Å². The predicted octanol–water partition coefficient (Wildman–Crippen LogP) is 4.52. The van der Waals surface area contributed by atoms with Gasteiger partial charge in [-0.2, -0.15) is 0 Å². The van der Waals surface area contributed by atoms with Gasteiger partial charge in [0, 0.05) is 9.50 Å². The molecule has 0 spiro atoms. The average Bonchev–Trinajstić information content (AvgIpc) is 2.36. The van der Waals surface area contributed by atoms with Gasteiger partial charge in [-0.1, -0.05) is 29.3 Å². The lowest BCUT2D eigenvalue weighted by molar-refractivity contribution is 0.601. The van der Waals surface area contributed by atoms with Crippen molar-refractivity contribution in [3.05, 3.63) is 57.0 Å². The second kappa shape index (κ2) is 5.76. The highest BCUT2D eigenvalue weighted by Crippen LogP contribution is 2.30. The van der Waals surface area contributed by atoms with Crippen LogP contribution in [0, 0.1) is 13.8 Å². The predicted molar refractivity (Wildman–Crippen MR) is 85.9 cm³/mol. The lowest BCUT2D eigenvalue weighted by Crippen LogP contribution is -2.13. The molecule has 0 aliphatic rings. The van der Waals surface area contributed by atoms with Gasteiger partial charge in [-0.15, -0.1) is 0 Å². The first-order chi connectivity index (χ1) is 9.29. The fraction of sp³-hybridized carbons (Fsp3) is 0.143. The van der Waals surface area contributed by atoms with Crippen molar-refractivity contribution in [1.82, 2.24) is 0 Å². The summed E-state index contributed by atoms with van der Waals surface area (Å²) >= 11 is 9.36. The van der Waals surface area contributed by atoms with Crippen LogP contribution < -0.4 is 4.72 Å². The normalized spacial score (nSPS) is 11.4. The highest BCUT2D eigenvalue weighted by Gasteiger charge is 2.16. The number of hydrogen-bond donors (Lipinski definition) is 1. The van der Waals surface area contributed by atoms with Crippen molar-refractivity contribution in [2.24, 2.45) is 0 Å². The SMILES string of the molecule is Cc1ccc(S(=O)(=O)Nc2cc(Cl)c(C)cc2Br)cc1. The fourth-order valence-corrected chi connectivity index (χ4v) is 3.57. The molecular formula is C14H13BrClNO2S. The van der Waals surface area contributed by atoms with E-state index in [4.69, 9.17) is 11.6 Å². The standard InChI is InChI=1S/C14H13BrClNO2S/c1-9-3-5-11(6-4-9)20(18,19)17-14-8-13(16)10(2)7-12(14)15/h3-8,17H,1-2H3. The molecule has 106 valence electrons. The van der Waals surface area contributed by atoms with Crippen LogP contribution in [-0.4, -0.2) is 8.42 Å². The molecular weight excluding hydrogens is 362 g/mol. The van der Waals surface area contributed by atoms with Crippen molar-refractivity contribution in [3.63, 3.8) is 0 Å². The molecule has 2 rings (SSSR count). The van der Waals surface area contributed by atoms with Gasteiger partial charge in [0.15, 0.2) is 0 Å². The molecule has 2 aromatic rings. The first-order valence-corrected chi connectivity index (χ1v) is 8.50. The van der Waals surface area contributed by atoms with Crippen LogP contribution in [0.4, 0.5) is 5.69 Å². The van der Waals surface area contributed by atoms with E-state index in [9.17, 15) is 8.42 Å². The van der Waals surface area contributed by atoms with Crippen LogP contribution >= 0.6 is 27.5 Å². The zero-order valence-corrected chi connectivity index (χ0v) is 14.1. The Hall–Kier alpha value is -1.04. The van der Waals surface area contributed by atoms with Crippen LogP contribution in [0.2, 0.25) is 5.02 Å². The number of nitrogens with one attached hydrogen (secondary N) is 1. The first-order valence-electron chi connectivity index (χ1n) is 5.85. The number of sulfonamides is 1. The number of anilines is 1. The summed E-state index contributed by atoms with van der Waals surface area (Å²) in [6.45, 7) is 3.76. The molecule has 0 saturated heterocycles. The van der Waals surface area contributed by atoms with Gasteiger partial charge in [0.1, 0.15) is 0 Å². The maximum atomic E-state index is 12.3. The Morgan fingerprint density at radius 3 is 2.30 bits per heavy atom. The van der Waals surface area contributed by atoms with Gasteiger partial charge in [0.2, 0.25) is 0 Å². The summed E-state index contributed by atoms with van der Waals surface area (Å²) in [6, 6.07) is 10.0. The van der Waals surface area contributed by atoms with Crippen molar-refractivity contribution in [3.8, 4) is 0 Å². The zero-order chi connectivity index (χ0) is 14.9. The number of rotatable bonds is 3. The Kier molecular flexibility index (Phi) is 4.42. The highest BCUT2D eigenvalue weighted by atomic mass is 79.9. The van der Waals surface area contributed by atoms with Crippen molar-refractivity contribution in [2.75, 3.05) is 4.72 Å². The molecule has 0 bridgehead atoms. The number of benzene rings is 2. The van der Waals surface area contributed by atoms with Gasteiger partial charge in [0.25, 0.3) is 10.0 Å². The number of halogens is 2. The van der Waals surface area contributed by atoms with Crippen LogP contribution in [0.25, 0.3) is 0 Å². The van der Waals surface area contributed by atoms with Gasteiger partial charge in [-0.25, -0.2) is 8.42 Å². The zero-order valence-electron chi connectivity index (χ0n) is 10.9. The minimum atomic E-state index is -3.62. The third kappa shape index (κ3) is 3.34. The molecule has 0 unspecified atom stereocenters. The molecule has 0 aliphatic heterocycles. The highest BCUT2D eigenvalue weighted by molar-refractivity contribution is 9.10. The van der Waals surface area contributed by atoms with Gasteiger partial charge in [-0.05, 0) is 59.6 Å². The molecule has 0 heterocycles. The number of hydrogen-bond acceptors (Lipinski definition) is 2. The molecule has 0 saturated carbocycles. The van der Waals surface area contributed by atoms with Crippen LogP contribution in [0.1, 0.15) is 11.1 Å². The second-order valence-corrected chi connectivity index (χ2v) is 7.44. The Labute approximate surface area is 132 Å². The molecule has 0 fully saturated rings. The summed E-state index contributed by atoms with van der Waals surface area (Å²) in [5.74, 6) is 0. The van der Waals surface area contributed by atoms with E-state index in [1.807, 2.05) is 13.8 Å². The van der Waals surface area contributed by atoms with E-state index in [-0.39, 0.29) is 4.90 Å². The topological polar surface area (TPSA) is 46.2 Å². The summed E-state index contributed by atoms with van der Waals surface area (Å²) in [5.41, 5.74) is 2.29. The molecule has 20 heavy (non-hydrogen) atoms. The van der Waals surface area contributed by atoms with Gasteiger partial charge in [-0.3, -0.25) is 4.72 Å². The smallest absolute Gasteiger partial charge is 0.261 e. The third-order valence-electron chi connectivity index (χ3n) is 2.82. The van der Waals surface area contributed by atoms with E-state index < -0.39 is 10.0 Å². The van der Waals surface area contributed by atoms with E-state index in [2.05, 4.69) is 20.7 Å². The molecule has 1 N–H and O–H groups in total. The minimum absolute atomic E-state index is 0.215. The Balaban J connectivity index is 2.38. The van der Waals surface area contributed by atoms with Crippen molar-refractivity contribution in [2.45, 2.75) is 18.7 Å². The van der Waals surface area contributed by atoms with Crippen LogP contribution in [0.3, 0.4) is 0 Å². The summed E-state index contributed by atoms with van der Waals surface area (Å²) in [6.07, 6.45) is 0. The quantitative estimate of drug-likeness (QED) is 0.858. The maximum Gasteiger partial charge on any atom is 0.261 e. The van der Waals surface area contributed by atoms with Crippen molar-refractivity contribution in [1.29, 1.82) is 0 Å². The monoisotopic (exact) mass is 373 g/mol. The molecule has 0 atom stereocenters. The minimum Gasteiger partial charge on any atom is -0.278 e. The molecule has 6 heteroatoms. The van der Waals surface area contributed by atoms with Crippen molar-refractivity contribution < 1.29 is 8.42 Å². The third-order valence-corrected chi connectivity index (χ3v) is 5.27. The Morgan fingerprint density at radius 1 is 1.10 bits per heavy atom. The molecule has 0 amide bonds. The number of aryl methyl sites for hydroxylation is 2. The second-order valence-electron chi connectivity index (χ2n) is 4.50. The average molecular weight is 375 g/mol. The summed E-state index contributed by atoms with van der Waals surface area (Å²) < 4.78 is 27.8. The molecule has 3 nitrogen and oxygen atoms in total. The maximum absolute atomic E-state index is 12.3. The molecule has 0 radical (unpaired) electrons. The van der Waals surface area contributed by atoms with E-state index in [1.165, 1.54) is 0 Å². The Bertz CT molecular complexity index is 743. The van der Waals surface area contributed by atoms with Gasteiger partial charge < -0.3 is 0 Å². The summed E-state index contributed by atoms with van der Waals surface area (Å²) in [5, 5.41) is 0.509. The van der Waals surface area contributed by atoms with Crippen LogP contribution in [0.5, 0.6) is 0 Å². The van der Waals surface area contributed by atoms with E-state index in [0.717, 1.165) is 11.1 Å². The largest absolute Gasteiger partial charge is 0.278 e. The van der Waals surface area contributed by atoms with Gasteiger partial charge in [0.05, 0.1) is 10.6 Å². The molecule has 0 aromatic heterocycles. The lowest BCUT2D eigenvalue weighted by atomic mass is 10.2. The summed E-state index contributed by atoms with van der Waals surface area (Å²) in [7, 11) is -3.62. The van der Waals surface area contributed by atoms with Crippen LogP contribution in [-0.2, 0) is 10.0 Å². The lowest BCUT2D eigenvalue weighted by Gasteiger charge is -2.11. The summed E-state index contributed by atoms with van der Waals surface area (Å²) in [4.78, 5) is 0.215.